The third-order valence-electron chi connectivity index (χ3n) is 14.0. The van der Waals surface area contributed by atoms with E-state index in [9.17, 15) is 14.4 Å². The number of hydrogen-bond acceptors (Lipinski definition) is 6. The third-order valence-corrected chi connectivity index (χ3v) is 14.0. The molecule has 0 aromatic heterocycles. The van der Waals surface area contributed by atoms with Crippen LogP contribution in [0, 0.1) is 0 Å². The molecule has 0 radical (unpaired) electrons. The lowest BCUT2D eigenvalue weighted by atomic mass is 10.1. The van der Waals surface area contributed by atoms with E-state index in [0.29, 0.717) is 19.3 Å². The number of allylic oxidation sites excluding steroid dienone is 18. The molecule has 446 valence electrons. The minimum absolute atomic E-state index is 0.0908. The Labute approximate surface area is 482 Å². The summed E-state index contributed by atoms with van der Waals surface area (Å²) in [6, 6.07) is 0. The first-order chi connectivity index (χ1) is 38.5. The molecule has 0 aliphatic carbocycles. The van der Waals surface area contributed by atoms with E-state index in [-0.39, 0.29) is 31.1 Å². The summed E-state index contributed by atoms with van der Waals surface area (Å²) >= 11 is 0. The molecule has 0 aromatic carbocycles. The molecule has 0 aromatic rings. The van der Waals surface area contributed by atoms with Gasteiger partial charge >= 0.3 is 17.9 Å². The quantitative estimate of drug-likeness (QED) is 0.0261. The first-order valence-corrected chi connectivity index (χ1v) is 32.9. The minimum Gasteiger partial charge on any atom is -0.462 e. The molecule has 0 saturated heterocycles. The van der Waals surface area contributed by atoms with Crippen LogP contribution in [0.4, 0.5) is 0 Å². The van der Waals surface area contributed by atoms with Crippen molar-refractivity contribution in [1.82, 2.24) is 0 Å². The van der Waals surface area contributed by atoms with Crippen molar-refractivity contribution in [3.63, 3.8) is 0 Å². The number of rotatable bonds is 59. The van der Waals surface area contributed by atoms with Gasteiger partial charge in [-0.05, 0) is 128 Å². The molecule has 6 nitrogen and oxygen atoms in total. The average molecular weight is 1080 g/mol. The Morgan fingerprint density at radius 2 is 0.500 bits per heavy atom. The SMILES string of the molecule is CC/C=C\C/C=C\C/C=C\C/C=C\CCCCCCCCCCCCC(=O)OCC(COC(=O)CCCCCCC/C=C\C/C=C\CCCCCC)OC(=O)CCCCCCCC/C=C\C/C=C\C/C=C\CCCCCCC. The Morgan fingerprint density at radius 1 is 0.269 bits per heavy atom. The fourth-order valence-corrected chi connectivity index (χ4v) is 9.06. The molecule has 0 bridgehead atoms. The van der Waals surface area contributed by atoms with Gasteiger partial charge in [0, 0.05) is 19.3 Å². The summed E-state index contributed by atoms with van der Waals surface area (Å²) in [5, 5.41) is 0. The summed E-state index contributed by atoms with van der Waals surface area (Å²) in [6.45, 7) is 6.50. The van der Waals surface area contributed by atoms with Gasteiger partial charge in [0.2, 0.25) is 0 Å². The molecule has 0 spiro atoms. The first kappa shape index (κ1) is 74.1. The van der Waals surface area contributed by atoms with E-state index in [4.69, 9.17) is 14.2 Å². The van der Waals surface area contributed by atoms with Crippen LogP contribution in [0.15, 0.2) is 109 Å². The highest BCUT2D eigenvalue weighted by atomic mass is 16.6. The fraction of sp³-hybridized carbons (Fsp3) is 0.708. The lowest BCUT2D eigenvalue weighted by Gasteiger charge is -2.18. The van der Waals surface area contributed by atoms with Crippen LogP contribution >= 0.6 is 0 Å². The molecule has 1 unspecified atom stereocenters. The lowest BCUT2D eigenvalue weighted by Crippen LogP contribution is -2.30. The summed E-state index contributed by atoms with van der Waals surface area (Å²) in [4.78, 5) is 38.4. The molecular formula is C72H122O6. The molecule has 0 rings (SSSR count). The maximum Gasteiger partial charge on any atom is 0.306 e. The monoisotopic (exact) mass is 1080 g/mol. The normalized spacial score (nSPS) is 12.8. The molecule has 0 aliphatic rings. The molecule has 0 amide bonds. The Morgan fingerprint density at radius 3 is 0.795 bits per heavy atom. The second kappa shape index (κ2) is 65.6. The predicted octanol–water partition coefficient (Wildman–Crippen LogP) is 22.6. The molecular weight excluding hydrogens is 961 g/mol. The zero-order chi connectivity index (χ0) is 56.4. The summed E-state index contributed by atoms with van der Waals surface area (Å²) in [5.74, 6) is -0.913. The van der Waals surface area contributed by atoms with Crippen LogP contribution in [-0.4, -0.2) is 37.2 Å². The molecule has 0 N–H and O–H groups in total. The topological polar surface area (TPSA) is 78.9 Å². The van der Waals surface area contributed by atoms with E-state index in [0.717, 1.165) is 135 Å². The predicted molar refractivity (Wildman–Crippen MR) is 339 cm³/mol. The van der Waals surface area contributed by atoms with Gasteiger partial charge in [0.1, 0.15) is 13.2 Å². The van der Waals surface area contributed by atoms with Crippen LogP contribution in [0.2, 0.25) is 0 Å². The number of unbranched alkanes of at least 4 members (excludes halogenated alkanes) is 30. The maximum atomic E-state index is 12.9. The van der Waals surface area contributed by atoms with Gasteiger partial charge in [-0.25, -0.2) is 0 Å². The summed E-state index contributed by atoms with van der Waals surface area (Å²) in [6.07, 6.45) is 89.4. The van der Waals surface area contributed by atoms with Gasteiger partial charge in [-0.3, -0.25) is 14.4 Å². The second-order valence-corrected chi connectivity index (χ2v) is 21.6. The highest BCUT2D eigenvalue weighted by Gasteiger charge is 2.19. The maximum absolute atomic E-state index is 12.9. The number of carbonyl (C=O) groups is 3. The van der Waals surface area contributed by atoms with Gasteiger partial charge in [-0.15, -0.1) is 0 Å². The van der Waals surface area contributed by atoms with Crippen molar-refractivity contribution in [1.29, 1.82) is 0 Å². The molecule has 6 heteroatoms. The van der Waals surface area contributed by atoms with Crippen molar-refractivity contribution in [2.45, 2.75) is 316 Å². The highest BCUT2D eigenvalue weighted by Crippen LogP contribution is 2.15. The lowest BCUT2D eigenvalue weighted by molar-refractivity contribution is -0.167. The standard InChI is InChI=1S/C72H122O6/c1-4-7-10-13-16-19-22-25-28-31-33-35-36-38-39-41-44-47-50-53-56-59-62-65-71(74)77-68-69(67-76-70(73)64-61-58-55-52-49-46-43-30-27-24-21-18-15-12-9-6-3)78-72(75)66-63-60-57-54-51-48-45-42-40-37-34-32-29-26-23-20-17-14-11-8-5-2/h7,10,16,19,21,23-26,28,30,32-35,40,42-43,69H,4-6,8-9,11-15,17-18,20,22,27,29,31,36-39,41,44-68H2,1-3H3/b10-7-,19-16-,24-21-,26-23-,28-25-,34-32-,35-33-,42-40-,43-30-. The Kier molecular flexibility index (Phi) is 62.3. The molecule has 78 heavy (non-hydrogen) atoms. The van der Waals surface area contributed by atoms with Crippen molar-refractivity contribution >= 4 is 17.9 Å². The molecule has 0 fully saturated rings. The molecule has 0 heterocycles. The van der Waals surface area contributed by atoms with Gasteiger partial charge in [0.05, 0.1) is 0 Å². The van der Waals surface area contributed by atoms with Gasteiger partial charge in [0.15, 0.2) is 6.10 Å². The van der Waals surface area contributed by atoms with E-state index in [1.54, 1.807) is 0 Å². The van der Waals surface area contributed by atoms with Crippen LogP contribution in [0.3, 0.4) is 0 Å². The van der Waals surface area contributed by atoms with Gasteiger partial charge in [-0.1, -0.05) is 271 Å². The summed E-state index contributed by atoms with van der Waals surface area (Å²) in [5.41, 5.74) is 0. The second-order valence-electron chi connectivity index (χ2n) is 21.6. The van der Waals surface area contributed by atoms with Crippen LogP contribution < -0.4 is 0 Å². The van der Waals surface area contributed by atoms with E-state index in [2.05, 4.69) is 130 Å². The van der Waals surface area contributed by atoms with Crippen LogP contribution in [0.1, 0.15) is 310 Å². The largest absolute Gasteiger partial charge is 0.462 e. The molecule has 0 saturated carbocycles. The van der Waals surface area contributed by atoms with Gasteiger partial charge < -0.3 is 14.2 Å². The highest BCUT2D eigenvalue weighted by molar-refractivity contribution is 5.71. The van der Waals surface area contributed by atoms with Crippen LogP contribution in [-0.2, 0) is 28.6 Å². The van der Waals surface area contributed by atoms with E-state index < -0.39 is 6.10 Å². The summed E-state index contributed by atoms with van der Waals surface area (Å²) in [7, 11) is 0. The fourth-order valence-electron chi connectivity index (χ4n) is 9.06. The smallest absolute Gasteiger partial charge is 0.306 e. The van der Waals surface area contributed by atoms with Gasteiger partial charge in [0.25, 0.3) is 0 Å². The van der Waals surface area contributed by atoms with E-state index >= 15 is 0 Å². The number of esters is 3. The number of hydrogen-bond donors (Lipinski definition) is 0. The summed E-state index contributed by atoms with van der Waals surface area (Å²) < 4.78 is 16.9. The van der Waals surface area contributed by atoms with Gasteiger partial charge in [-0.2, -0.15) is 0 Å². The van der Waals surface area contributed by atoms with Crippen molar-refractivity contribution in [3.8, 4) is 0 Å². The first-order valence-electron chi connectivity index (χ1n) is 32.9. The molecule has 0 aliphatic heterocycles. The van der Waals surface area contributed by atoms with Crippen molar-refractivity contribution in [2.75, 3.05) is 13.2 Å². The zero-order valence-corrected chi connectivity index (χ0v) is 51.2. The third kappa shape index (κ3) is 62.9. The Bertz CT molecular complexity index is 1570. The number of carbonyl (C=O) groups excluding carboxylic acids is 3. The van der Waals surface area contributed by atoms with Crippen molar-refractivity contribution in [2.24, 2.45) is 0 Å². The van der Waals surface area contributed by atoms with Crippen molar-refractivity contribution < 1.29 is 28.6 Å². The molecule has 1 atom stereocenters. The Balaban J connectivity index is 4.42. The van der Waals surface area contributed by atoms with E-state index in [1.807, 2.05) is 0 Å². The minimum atomic E-state index is -0.796. The zero-order valence-electron chi connectivity index (χ0n) is 51.2. The van der Waals surface area contributed by atoms with E-state index in [1.165, 1.54) is 135 Å². The average Bonchev–Trinajstić information content (AvgIpc) is 3.44. The number of ether oxygens (including phenoxy) is 3. The Hall–Kier alpha value is -3.93. The van der Waals surface area contributed by atoms with Crippen LogP contribution in [0.5, 0.6) is 0 Å². The van der Waals surface area contributed by atoms with Crippen LogP contribution in [0.25, 0.3) is 0 Å². The van der Waals surface area contributed by atoms with Crippen molar-refractivity contribution in [3.05, 3.63) is 109 Å².